The number of hydrogen-bond acceptors (Lipinski definition) is 3. The second kappa shape index (κ2) is 4.56. The van der Waals surface area contributed by atoms with Crippen molar-refractivity contribution in [3.63, 3.8) is 0 Å². The van der Waals surface area contributed by atoms with Crippen LogP contribution in [0.15, 0.2) is 4.99 Å². The molecule has 2 rings (SSSR count). The normalized spacial score (nSPS) is 38.1. The molecular formula is C11H20N2S. The molecule has 0 aromatic carbocycles. The second-order valence-electron chi connectivity index (χ2n) is 4.79. The summed E-state index contributed by atoms with van der Waals surface area (Å²) in [6.07, 6.45) is 4.05. The summed E-state index contributed by atoms with van der Waals surface area (Å²) in [5, 5.41) is 4.78. The molecule has 2 unspecified atom stereocenters. The average molecular weight is 212 g/mol. The lowest BCUT2D eigenvalue weighted by Crippen LogP contribution is -2.38. The van der Waals surface area contributed by atoms with Crippen LogP contribution < -0.4 is 5.32 Å². The largest absolute Gasteiger partial charge is 0.362 e. The standard InChI is InChI=1S/C11H20N2S/c1-8-5-9(2)7-10(6-8)13-11-12-3-4-14-11/h8-10H,3-7H2,1-2H3,(H,12,13). The van der Waals surface area contributed by atoms with Crippen molar-refractivity contribution in [3.05, 3.63) is 0 Å². The number of nitrogens with one attached hydrogen (secondary N) is 1. The highest BCUT2D eigenvalue weighted by molar-refractivity contribution is 8.14. The summed E-state index contributed by atoms with van der Waals surface area (Å²) >= 11 is 1.88. The van der Waals surface area contributed by atoms with Gasteiger partial charge in [0.1, 0.15) is 0 Å². The first-order valence-electron chi connectivity index (χ1n) is 5.68. The number of aliphatic imine (C=N–C) groups is 1. The molecule has 1 fully saturated rings. The summed E-state index contributed by atoms with van der Waals surface area (Å²) in [6, 6.07) is 0.679. The van der Waals surface area contributed by atoms with E-state index in [9.17, 15) is 0 Å². The van der Waals surface area contributed by atoms with Gasteiger partial charge in [-0.3, -0.25) is 4.99 Å². The smallest absolute Gasteiger partial charge is 0.156 e. The summed E-state index contributed by atoms with van der Waals surface area (Å²) in [6.45, 7) is 5.74. The van der Waals surface area contributed by atoms with Crippen molar-refractivity contribution < 1.29 is 0 Å². The van der Waals surface area contributed by atoms with Gasteiger partial charge in [-0.1, -0.05) is 25.6 Å². The van der Waals surface area contributed by atoms with E-state index >= 15 is 0 Å². The van der Waals surface area contributed by atoms with Gasteiger partial charge in [0, 0.05) is 11.8 Å². The molecule has 2 nitrogen and oxygen atoms in total. The Labute approximate surface area is 90.9 Å². The molecule has 0 bridgehead atoms. The zero-order valence-corrected chi connectivity index (χ0v) is 9.94. The molecule has 1 aliphatic carbocycles. The maximum absolute atomic E-state index is 4.45. The Morgan fingerprint density at radius 3 is 2.50 bits per heavy atom. The van der Waals surface area contributed by atoms with Crippen molar-refractivity contribution in [1.29, 1.82) is 0 Å². The summed E-state index contributed by atoms with van der Waals surface area (Å²) in [7, 11) is 0. The third-order valence-corrected chi connectivity index (χ3v) is 4.00. The van der Waals surface area contributed by atoms with Crippen LogP contribution in [0.2, 0.25) is 0 Å². The van der Waals surface area contributed by atoms with Gasteiger partial charge in [-0.05, 0) is 31.1 Å². The number of hydrogen-bond donors (Lipinski definition) is 1. The van der Waals surface area contributed by atoms with Crippen molar-refractivity contribution in [2.45, 2.75) is 39.2 Å². The van der Waals surface area contributed by atoms with E-state index in [0.29, 0.717) is 6.04 Å². The molecule has 0 aromatic rings. The molecule has 14 heavy (non-hydrogen) atoms. The summed E-state index contributed by atoms with van der Waals surface area (Å²) in [5.74, 6) is 2.92. The van der Waals surface area contributed by atoms with E-state index in [2.05, 4.69) is 24.2 Å². The Bertz CT molecular complexity index is 217. The van der Waals surface area contributed by atoms with Gasteiger partial charge >= 0.3 is 0 Å². The number of amidine groups is 1. The van der Waals surface area contributed by atoms with Gasteiger partial charge in [0.2, 0.25) is 0 Å². The zero-order chi connectivity index (χ0) is 9.97. The molecule has 2 aliphatic rings. The lowest BCUT2D eigenvalue weighted by atomic mass is 9.80. The molecule has 0 aromatic heterocycles. The van der Waals surface area contributed by atoms with Crippen molar-refractivity contribution in [3.8, 4) is 0 Å². The minimum atomic E-state index is 0.679. The van der Waals surface area contributed by atoms with Gasteiger partial charge in [-0.25, -0.2) is 0 Å². The van der Waals surface area contributed by atoms with Crippen molar-refractivity contribution in [1.82, 2.24) is 5.32 Å². The van der Waals surface area contributed by atoms with Crippen LogP contribution in [0.25, 0.3) is 0 Å². The molecule has 2 atom stereocenters. The second-order valence-corrected chi connectivity index (χ2v) is 5.88. The third-order valence-electron chi connectivity index (χ3n) is 3.09. The van der Waals surface area contributed by atoms with Crippen LogP contribution in [0.1, 0.15) is 33.1 Å². The molecule has 0 spiro atoms. The molecule has 0 radical (unpaired) electrons. The quantitative estimate of drug-likeness (QED) is 0.722. The fourth-order valence-electron chi connectivity index (χ4n) is 2.66. The van der Waals surface area contributed by atoms with Gasteiger partial charge in [-0.15, -0.1) is 0 Å². The molecule has 80 valence electrons. The van der Waals surface area contributed by atoms with Gasteiger partial charge in [0.15, 0.2) is 5.17 Å². The van der Waals surface area contributed by atoms with Gasteiger partial charge in [0.25, 0.3) is 0 Å². The predicted molar refractivity (Wildman–Crippen MR) is 63.9 cm³/mol. The lowest BCUT2D eigenvalue weighted by Gasteiger charge is -2.32. The van der Waals surface area contributed by atoms with Crippen LogP contribution in [-0.2, 0) is 0 Å². The van der Waals surface area contributed by atoms with Crippen LogP contribution in [0.3, 0.4) is 0 Å². The van der Waals surface area contributed by atoms with Gasteiger partial charge in [-0.2, -0.15) is 0 Å². The first-order valence-corrected chi connectivity index (χ1v) is 6.66. The highest BCUT2D eigenvalue weighted by Crippen LogP contribution is 2.29. The Kier molecular flexibility index (Phi) is 3.37. The van der Waals surface area contributed by atoms with Crippen molar-refractivity contribution in [2.75, 3.05) is 12.3 Å². The minimum absolute atomic E-state index is 0.679. The maximum Gasteiger partial charge on any atom is 0.156 e. The van der Waals surface area contributed by atoms with Crippen LogP contribution in [-0.4, -0.2) is 23.5 Å². The van der Waals surface area contributed by atoms with Crippen molar-refractivity contribution >= 4 is 16.9 Å². The van der Waals surface area contributed by atoms with Gasteiger partial charge < -0.3 is 5.32 Å². The lowest BCUT2D eigenvalue weighted by molar-refractivity contribution is 0.257. The topological polar surface area (TPSA) is 24.4 Å². The Balaban J connectivity index is 1.84. The monoisotopic (exact) mass is 212 g/mol. The van der Waals surface area contributed by atoms with E-state index in [-0.39, 0.29) is 0 Å². The van der Waals surface area contributed by atoms with Crippen LogP contribution in [0, 0.1) is 11.8 Å². The van der Waals surface area contributed by atoms with Crippen molar-refractivity contribution in [2.24, 2.45) is 16.8 Å². The molecule has 3 heteroatoms. The number of thioether (sulfide) groups is 1. The predicted octanol–water partition coefficient (Wildman–Crippen LogP) is 2.50. The van der Waals surface area contributed by atoms with Gasteiger partial charge in [0.05, 0.1) is 6.54 Å². The maximum atomic E-state index is 4.45. The molecule has 0 amide bonds. The minimum Gasteiger partial charge on any atom is -0.362 e. The summed E-state index contributed by atoms with van der Waals surface area (Å²) < 4.78 is 0. The van der Waals surface area contributed by atoms with E-state index in [1.807, 2.05) is 11.8 Å². The average Bonchev–Trinajstić information content (AvgIpc) is 2.54. The van der Waals surface area contributed by atoms with E-state index in [1.165, 1.54) is 30.2 Å². The third kappa shape index (κ3) is 2.66. The van der Waals surface area contributed by atoms with Crippen LogP contribution in [0.5, 0.6) is 0 Å². The van der Waals surface area contributed by atoms with Crippen LogP contribution >= 0.6 is 11.8 Å². The van der Waals surface area contributed by atoms with E-state index < -0.39 is 0 Å². The highest BCUT2D eigenvalue weighted by Gasteiger charge is 2.24. The first-order chi connectivity index (χ1) is 6.74. The summed E-state index contributed by atoms with van der Waals surface area (Å²) in [4.78, 5) is 4.45. The molecule has 1 aliphatic heterocycles. The first kappa shape index (κ1) is 10.3. The molecule has 1 N–H and O–H groups in total. The Hall–Kier alpha value is -0.180. The number of nitrogens with zero attached hydrogens (tertiary/aromatic N) is 1. The van der Waals surface area contributed by atoms with E-state index in [4.69, 9.17) is 0 Å². The fourth-order valence-corrected chi connectivity index (χ4v) is 3.47. The van der Waals surface area contributed by atoms with E-state index in [0.717, 1.165) is 18.4 Å². The van der Waals surface area contributed by atoms with E-state index in [1.54, 1.807) is 0 Å². The number of rotatable bonds is 1. The molecular weight excluding hydrogens is 192 g/mol. The molecule has 1 saturated carbocycles. The Morgan fingerprint density at radius 1 is 1.21 bits per heavy atom. The summed E-state index contributed by atoms with van der Waals surface area (Å²) in [5.41, 5.74) is 0. The molecule has 1 heterocycles. The van der Waals surface area contributed by atoms with Crippen LogP contribution in [0.4, 0.5) is 0 Å². The Morgan fingerprint density at radius 2 is 1.93 bits per heavy atom. The zero-order valence-electron chi connectivity index (χ0n) is 9.12. The SMILES string of the molecule is CC1CC(C)CC(NC2=NCCS2)C1. The molecule has 0 saturated heterocycles. The fraction of sp³-hybridized carbons (Fsp3) is 0.909. The highest BCUT2D eigenvalue weighted by atomic mass is 32.2.